The van der Waals surface area contributed by atoms with E-state index in [1.54, 1.807) is 0 Å². The van der Waals surface area contributed by atoms with Crippen molar-refractivity contribution in [3.8, 4) is 0 Å². The van der Waals surface area contributed by atoms with Crippen molar-refractivity contribution >= 4 is 5.82 Å². The molecule has 126 valence electrons. The normalized spacial score (nSPS) is 23.6. The van der Waals surface area contributed by atoms with Gasteiger partial charge in [-0.05, 0) is 43.7 Å². The van der Waals surface area contributed by atoms with E-state index in [-0.39, 0.29) is 0 Å². The van der Waals surface area contributed by atoms with Gasteiger partial charge in [0.05, 0.1) is 11.3 Å². The number of aryl methyl sites for hydroxylation is 2. The molecule has 5 nitrogen and oxygen atoms in total. The van der Waals surface area contributed by atoms with E-state index in [1.165, 1.54) is 36.9 Å². The molecule has 0 amide bonds. The molecule has 1 saturated carbocycles. The van der Waals surface area contributed by atoms with Crippen molar-refractivity contribution in [1.29, 1.82) is 0 Å². The van der Waals surface area contributed by atoms with Gasteiger partial charge in [-0.1, -0.05) is 19.3 Å². The van der Waals surface area contributed by atoms with Crippen LogP contribution in [0.4, 0.5) is 5.82 Å². The first-order valence-corrected chi connectivity index (χ1v) is 9.25. The van der Waals surface area contributed by atoms with Gasteiger partial charge in [0.25, 0.3) is 0 Å². The van der Waals surface area contributed by atoms with Crippen LogP contribution in [0.1, 0.15) is 49.8 Å². The van der Waals surface area contributed by atoms with Crippen LogP contribution >= 0.6 is 0 Å². The zero-order valence-corrected chi connectivity index (χ0v) is 13.9. The highest BCUT2D eigenvalue weighted by Crippen LogP contribution is 2.28. The van der Waals surface area contributed by atoms with Gasteiger partial charge in [0, 0.05) is 32.1 Å². The summed E-state index contributed by atoms with van der Waals surface area (Å²) in [6, 6.07) is 2.24. The Morgan fingerprint density at radius 2 is 1.96 bits per heavy atom. The van der Waals surface area contributed by atoms with Crippen LogP contribution in [0.15, 0.2) is 6.07 Å². The third kappa shape index (κ3) is 3.36. The molecule has 23 heavy (non-hydrogen) atoms. The van der Waals surface area contributed by atoms with Crippen LogP contribution in [0.25, 0.3) is 0 Å². The summed E-state index contributed by atoms with van der Waals surface area (Å²) in [5.41, 5.74) is 2.15. The molecule has 2 heterocycles. The number of aliphatic hydroxyl groups is 1. The fraction of sp³-hybridized carbons (Fsp3) is 0.778. The van der Waals surface area contributed by atoms with Crippen molar-refractivity contribution in [2.75, 3.05) is 31.1 Å². The van der Waals surface area contributed by atoms with Gasteiger partial charge in [-0.3, -0.25) is 0 Å². The predicted octanol–water partition coefficient (Wildman–Crippen LogP) is 1.69. The molecule has 0 unspecified atom stereocenters. The third-order valence-electron chi connectivity index (χ3n) is 5.76. The maximum Gasteiger partial charge on any atom is 0.151 e. The van der Waals surface area contributed by atoms with E-state index in [2.05, 4.69) is 26.5 Å². The Morgan fingerprint density at radius 3 is 2.78 bits per heavy atom. The zero-order chi connectivity index (χ0) is 15.7. The lowest BCUT2D eigenvalue weighted by atomic mass is 9.85. The molecule has 0 radical (unpaired) electrons. The Kier molecular flexibility index (Phi) is 4.24. The second kappa shape index (κ2) is 6.36. The lowest BCUT2D eigenvalue weighted by Gasteiger charge is -2.41. The van der Waals surface area contributed by atoms with E-state index in [1.807, 2.05) is 0 Å². The fourth-order valence-electron chi connectivity index (χ4n) is 4.25. The fourth-order valence-corrected chi connectivity index (χ4v) is 4.25. The lowest BCUT2D eigenvalue weighted by Crippen LogP contribution is -2.53. The van der Waals surface area contributed by atoms with Crippen LogP contribution < -0.4 is 10.2 Å². The molecule has 1 aliphatic heterocycles. The van der Waals surface area contributed by atoms with Gasteiger partial charge in [-0.25, -0.2) is 0 Å². The van der Waals surface area contributed by atoms with E-state index in [0.29, 0.717) is 5.92 Å². The Hall–Kier alpha value is -1.20. The number of fused-ring (bicyclic) bond motifs is 1. The van der Waals surface area contributed by atoms with Crippen molar-refractivity contribution in [2.45, 2.75) is 57.0 Å². The van der Waals surface area contributed by atoms with Gasteiger partial charge in [0.1, 0.15) is 0 Å². The number of hydrogen-bond donors (Lipinski definition) is 2. The Morgan fingerprint density at radius 1 is 1.13 bits per heavy atom. The summed E-state index contributed by atoms with van der Waals surface area (Å²) in [5, 5.41) is 22.8. The highest BCUT2D eigenvalue weighted by Gasteiger charge is 2.31. The van der Waals surface area contributed by atoms with Gasteiger partial charge in [-0.2, -0.15) is 5.10 Å². The molecule has 2 N–H and O–H groups in total. The van der Waals surface area contributed by atoms with Crippen LogP contribution in [-0.4, -0.2) is 47.1 Å². The van der Waals surface area contributed by atoms with Gasteiger partial charge in [0.2, 0.25) is 0 Å². The Labute approximate surface area is 138 Å². The van der Waals surface area contributed by atoms with Gasteiger partial charge in [-0.15, -0.1) is 5.10 Å². The molecule has 4 rings (SSSR count). The van der Waals surface area contributed by atoms with Gasteiger partial charge >= 0.3 is 0 Å². The molecule has 3 aliphatic rings. The maximum atomic E-state index is 10.5. The number of nitrogens with one attached hydrogen (secondary N) is 1. The van der Waals surface area contributed by atoms with E-state index >= 15 is 0 Å². The van der Waals surface area contributed by atoms with Gasteiger partial charge < -0.3 is 15.3 Å². The molecule has 1 aromatic rings. The minimum atomic E-state index is -0.451. The SMILES string of the molecule is OC1(CNCC2CN(c3cc4c(nn3)CCC4)C2)CCCCC1. The minimum absolute atomic E-state index is 0.451. The summed E-state index contributed by atoms with van der Waals surface area (Å²) < 4.78 is 0. The molecular formula is C18H28N4O. The highest BCUT2D eigenvalue weighted by atomic mass is 16.3. The predicted molar refractivity (Wildman–Crippen MR) is 90.7 cm³/mol. The number of anilines is 1. The molecule has 0 aromatic carbocycles. The summed E-state index contributed by atoms with van der Waals surface area (Å²) in [6.45, 7) is 3.86. The molecule has 1 aromatic heterocycles. The summed E-state index contributed by atoms with van der Waals surface area (Å²) >= 11 is 0. The first-order valence-electron chi connectivity index (χ1n) is 9.25. The minimum Gasteiger partial charge on any atom is -0.389 e. The van der Waals surface area contributed by atoms with Crippen molar-refractivity contribution in [1.82, 2.24) is 15.5 Å². The van der Waals surface area contributed by atoms with Crippen molar-refractivity contribution in [3.05, 3.63) is 17.3 Å². The van der Waals surface area contributed by atoms with Crippen molar-refractivity contribution < 1.29 is 5.11 Å². The summed E-state index contributed by atoms with van der Waals surface area (Å²) in [4.78, 5) is 2.33. The van der Waals surface area contributed by atoms with Crippen LogP contribution in [0.5, 0.6) is 0 Å². The molecule has 0 spiro atoms. The average Bonchev–Trinajstić information content (AvgIpc) is 2.97. The smallest absolute Gasteiger partial charge is 0.151 e. The monoisotopic (exact) mass is 316 g/mol. The van der Waals surface area contributed by atoms with Crippen LogP contribution in [0.3, 0.4) is 0 Å². The van der Waals surface area contributed by atoms with Crippen molar-refractivity contribution in [3.63, 3.8) is 0 Å². The van der Waals surface area contributed by atoms with Crippen molar-refractivity contribution in [2.24, 2.45) is 5.92 Å². The molecular weight excluding hydrogens is 288 g/mol. The summed E-state index contributed by atoms with van der Waals surface area (Å²) in [6.07, 6.45) is 9.03. The maximum absolute atomic E-state index is 10.5. The number of aromatic nitrogens is 2. The molecule has 0 atom stereocenters. The zero-order valence-electron chi connectivity index (χ0n) is 13.9. The van der Waals surface area contributed by atoms with Crippen LogP contribution in [0.2, 0.25) is 0 Å². The molecule has 2 fully saturated rings. The number of nitrogens with zero attached hydrogens (tertiary/aromatic N) is 3. The summed E-state index contributed by atoms with van der Waals surface area (Å²) in [5.74, 6) is 1.71. The van der Waals surface area contributed by atoms with E-state index in [4.69, 9.17) is 0 Å². The number of hydrogen-bond acceptors (Lipinski definition) is 5. The topological polar surface area (TPSA) is 61.3 Å². The third-order valence-corrected chi connectivity index (χ3v) is 5.76. The standard InChI is InChI=1S/C18H28N4O/c23-18(7-2-1-3-8-18)13-19-10-14-11-22(12-14)17-9-15-5-4-6-16(15)20-21-17/h9,14,19,23H,1-8,10-13H2. The van der Waals surface area contributed by atoms with Crippen LogP contribution in [0, 0.1) is 5.92 Å². The number of rotatable bonds is 5. The van der Waals surface area contributed by atoms with Crippen LogP contribution in [-0.2, 0) is 12.8 Å². The van der Waals surface area contributed by atoms with E-state index < -0.39 is 5.60 Å². The largest absolute Gasteiger partial charge is 0.389 e. The van der Waals surface area contributed by atoms with Gasteiger partial charge in [0.15, 0.2) is 5.82 Å². The molecule has 5 heteroatoms. The Balaban J connectivity index is 1.21. The lowest BCUT2D eigenvalue weighted by molar-refractivity contribution is 0.00411. The summed E-state index contributed by atoms with van der Waals surface area (Å²) in [7, 11) is 0. The van der Waals surface area contributed by atoms with E-state index in [0.717, 1.165) is 57.7 Å². The first-order chi connectivity index (χ1) is 11.2. The first kappa shape index (κ1) is 15.3. The average molecular weight is 316 g/mol. The highest BCUT2D eigenvalue weighted by molar-refractivity contribution is 5.45. The second-order valence-electron chi connectivity index (χ2n) is 7.71. The second-order valence-corrected chi connectivity index (χ2v) is 7.71. The molecule has 0 bridgehead atoms. The van der Waals surface area contributed by atoms with E-state index in [9.17, 15) is 5.11 Å². The molecule has 1 saturated heterocycles. The quantitative estimate of drug-likeness (QED) is 0.865. The Bertz CT molecular complexity index is 550. The molecule has 2 aliphatic carbocycles.